The minimum absolute atomic E-state index is 0.753. The molecule has 0 amide bonds. The Balaban J connectivity index is 1.92. The Labute approximate surface area is 125 Å². The normalized spacial score (nSPS) is 15.0. The van der Waals surface area contributed by atoms with Gasteiger partial charge in [-0.1, -0.05) is 19.9 Å². The van der Waals surface area contributed by atoms with E-state index in [1.807, 2.05) is 0 Å². The molecule has 0 bridgehead atoms. The summed E-state index contributed by atoms with van der Waals surface area (Å²) in [4.78, 5) is 2.34. The lowest BCUT2D eigenvalue weighted by Gasteiger charge is -2.22. The average molecular weight is 325 g/mol. The minimum atomic E-state index is 0.753. The lowest BCUT2D eigenvalue weighted by molar-refractivity contribution is 0.585. The van der Waals surface area contributed by atoms with Crippen LogP contribution in [0.3, 0.4) is 0 Å². The van der Waals surface area contributed by atoms with Gasteiger partial charge in [0.2, 0.25) is 0 Å². The summed E-state index contributed by atoms with van der Waals surface area (Å²) in [6.07, 6.45) is 3.92. The molecule has 0 aliphatic heterocycles. The number of nitrogens with zero attached hydrogens (tertiary/aromatic N) is 1. The van der Waals surface area contributed by atoms with E-state index in [0.717, 1.165) is 25.0 Å². The molecule has 0 spiro atoms. The molecule has 0 heterocycles. The molecule has 106 valence electrons. The number of hydrogen-bond donors (Lipinski definition) is 1. The first kappa shape index (κ1) is 14.9. The van der Waals surface area contributed by atoms with Gasteiger partial charge < -0.3 is 10.2 Å². The summed E-state index contributed by atoms with van der Waals surface area (Å²) < 4.78 is 1.20. The molecule has 0 unspecified atom stereocenters. The molecule has 1 fully saturated rings. The van der Waals surface area contributed by atoms with Crippen LogP contribution in [0, 0.1) is 5.92 Å². The van der Waals surface area contributed by atoms with E-state index in [0.29, 0.717) is 0 Å². The van der Waals surface area contributed by atoms with Gasteiger partial charge in [0, 0.05) is 30.7 Å². The van der Waals surface area contributed by atoms with Crippen molar-refractivity contribution in [1.29, 1.82) is 0 Å². The maximum absolute atomic E-state index is 3.71. The molecule has 2 rings (SSSR count). The van der Waals surface area contributed by atoms with E-state index >= 15 is 0 Å². The Morgan fingerprint density at radius 2 is 2.11 bits per heavy atom. The Morgan fingerprint density at radius 1 is 1.37 bits per heavy atom. The largest absolute Gasteiger partial charge is 0.374 e. The van der Waals surface area contributed by atoms with E-state index in [9.17, 15) is 0 Å². The van der Waals surface area contributed by atoms with Crippen molar-refractivity contribution in [1.82, 2.24) is 5.32 Å². The van der Waals surface area contributed by atoms with Crippen LogP contribution in [0.4, 0.5) is 5.69 Å². The second-order valence-corrected chi connectivity index (χ2v) is 6.90. The highest BCUT2D eigenvalue weighted by molar-refractivity contribution is 9.10. The Morgan fingerprint density at radius 3 is 2.68 bits per heavy atom. The van der Waals surface area contributed by atoms with Crippen LogP contribution < -0.4 is 10.2 Å². The number of hydrogen-bond acceptors (Lipinski definition) is 2. The summed E-state index contributed by atoms with van der Waals surface area (Å²) in [6.45, 7) is 6.64. The van der Waals surface area contributed by atoms with E-state index < -0.39 is 0 Å². The first-order valence-corrected chi connectivity index (χ1v) is 8.08. The van der Waals surface area contributed by atoms with Gasteiger partial charge in [-0.2, -0.15) is 0 Å². The quantitative estimate of drug-likeness (QED) is 0.809. The maximum Gasteiger partial charge on any atom is 0.0508 e. The summed E-state index contributed by atoms with van der Waals surface area (Å²) in [6, 6.07) is 7.49. The second-order valence-electron chi connectivity index (χ2n) is 6.05. The fourth-order valence-corrected chi connectivity index (χ4v) is 2.82. The second kappa shape index (κ2) is 6.76. The zero-order chi connectivity index (χ0) is 13.8. The molecule has 0 radical (unpaired) electrons. The summed E-state index contributed by atoms with van der Waals surface area (Å²) >= 11 is 3.71. The first-order valence-electron chi connectivity index (χ1n) is 7.29. The minimum Gasteiger partial charge on any atom is -0.374 e. The summed E-state index contributed by atoms with van der Waals surface area (Å²) in [5.41, 5.74) is 2.65. The number of anilines is 1. The zero-order valence-electron chi connectivity index (χ0n) is 12.2. The van der Waals surface area contributed by atoms with Gasteiger partial charge in [0.1, 0.15) is 0 Å². The van der Waals surface area contributed by atoms with Crippen LogP contribution >= 0.6 is 15.9 Å². The lowest BCUT2D eigenvalue weighted by atomic mass is 10.1. The predicted octanol–water partition coefficient (Wildman–Crippen LogP) is 4.18. The van der Waals surface area contributed by atoms with Crippen LogP contribution in [0.1, 0.15) is 38.7 Å². The van der Waals surface area contributed by atoms with Crippen molar-refractivity contribution in [2.45, 2.75) is 45.7 Å². The molecule has 3 heteroatoms. The number of benzene rings is 1. The Kier molecular flexibility index (Phi) is 5.28. The molecular weight excluding hydrogens is 300 g/mol. The van der Waals surface area contributed by atoms with Gasteiger partial charge in [-0.25, -0.2) is 0 Å². The van der Waals surface area contributed by atoms with Crippen LogP contribution in [0.2, 0.25) is 0 Å². The summed E-state index contributed by atoms with van der Waals surface area (Å²) in [7, 11) is 2.17. The third-order valence-electron chi connectivity index (χ3n) is 3.64. The van der Waals surface area contributed by atoms with Crippen molar-refractivity contribution in [3.8, 4) is 0 Å². The maximum atomic E-state index is 3.71. The predicted molar refractivity (Wildman–Crippen MR) is 86.7 cm³/mol. The molecular formula is C16H25BrN2. The van der Waals surface area contributed by atoms with Crippen LogP contribution in [-0.2, 0) is 6.54 Å². The topological polar surface area (TPSA) is 15.3 Å². The molecule has 1 aliphatic carbocycles. The molecule has 1 aromatic rings. The molecule has 2 nitrogen and oxygen atoms in total. The van der Waals surface area contributed by atoms with Gasteiger partial charge in [-0.15, -0.1) is 0 Å². The van der Waals surface area contributed by atoms with Crippen molar-refractivity contribution >= 4 is 21.6 Å². The van der Waals surface area contributed by atoms with Crippen molar-refractivity contribution in [3.63, 3.8) is 0 Å². The van der Waals surface area contributed by atoms with Crippen LogP contribution in [0.5, 0.6) is 0 Å². The van der Waals surface area contributed by atoms with E-state index in [-0.39, 0.29) is 0 Å². The van der Waals surface area contributed by atoms with Crippen molar-refractivity contribution in [3.05, 3.63) is 28.2 Å². The highest BCUT2D eigenvalue weighted by atomic mass is 79.9. The summed E-state index contributed by atoms with van der Waals surface area (Å²) in [5.74, 6) is 0.753. The van der Waals surface area contributed by atoms with E-state index in [1.165, 1.54) is 35.0 Å². The van der Waals surface area contributed by atoms with Gasteiger partial charge in [-0.3, -0.25) is 0 Å². The first-order chi connectivity index (χ1) is 9.06. The van der Waals surface area contributed by atoms with Crippen molar-refractivity contribution in [2.75, 3.05) is 18.5 Å². The number of nitrogens with one attached hydrogen (secondary N) is 1. The molecule has 1 aliphatic rings. The smallest absolute Gasteiger partial charge is 0.0508 e. The lowest BCUT2D eigenvalue weighted by Crippen LogP contribution is -2.20. The molecule has 0 saturated heterocycles. The molecule has 1 saturated carbocycles. The fraction of sp³-hybridized carbons (Fsp3) is 0.625. The highest BCUT2D eigenvalue weighted by Crippen LogP contribution is 2.27. The van der Waals surface area contributed by atoms with Crippen molar-refractivity contribution < 1.29 is 0 Å². The third-order valence-corrected chi connectivity index (χ3v) is 4.27. The molecule has 0 aromatic heterocycles. The Hall–Kier alpha value is -0.540. The van der Waals surface area contributed by atoms with E-state index in [2.05, 4.69) is 65.2 Å². The van der Waals surface area contributed by atoms with Gasteiger partial charge in [0.05, 0.1) is 5.69 Å². The molecule has 1 aromatic carbocycles. The number of rotatable bonds is 7. The third kappa shape index (κ3) is 4.81. The van der Waals surface area contributed by atoms with Crippen LogP contribution in [-0.4, -0.2) is 19.6 Å². The molecule has 0 atom stereocenters. The van der Waals surface area contributed by atoms with Gasteiger partial charge >= 0.3 is 0 Å². The summed E-state index contributed by atoms with van der Waals surface area (Å²) in [5, 5.41) is 3.55. The molecule has 19 heavy (non-hydrogen) atoms. The Bertz CT molecular complexity index is 413. The monoisotopic (exact) mass is 324 g/mol. The molecule has 1 N–H and O–H groups in total. The van der Waals surface area contributed by atoms with E-state index in [4.69, 9.17) is 0 Å². The number of halogens is 1. The fourth-order valence-electron chi connectivity index (χ4n) is 2.09. The van der Waals surface area contributed by atoms with Gasteiger partial charge in [0.15, 0.2) is 0 Å². The average Bonchev–Trinajstić information content (AvgIpc) is 3.17. The SMILES string of the molecule is CC(C)CCN(C)c1ccc(CNC2CC2)cc1Br. The highest BCUT2D eigenvalue weighted by Gasteiger charge is 2.20. The van der Waals surface area contributed by atoms with Crippen molar-refractivity contribution in [2.24, 2.45) is 5.92 Å². The van der Waals surface area contributed by atoms with Gasteiger partial charge in [0.25, 0.3) is 0 Å². The standard InChI is InChI=1S/C16H25BrN2/c1-12(2)8-9-19(3)16-7-4-13(10-15(16)17)11-18-14-5-6-14/h4,7,10,12,14,18H,5-6,8-9,11H2,1-3H3. The zero-order valence-corrected chi connectivity index (χ0v) is 13.8. The van der Waals surface area contributed by atoms with E-state index in [1.54, 1.807) is 0 Å². The van der Waals surface area contributed by atoms with Gasteiger partial charge in [-0.05, 0) is 58.8 Å². The van der Waals surface area contributed by atoms with Crippen LogP contribution in [0.25, 0.3) is 0 Å². The van der Waals surface area contributed by atoms with Crippen LogP contribution in [0.15, 0.2) is 22.7 Å².